The largest absolute Gasteiger partial charge is 0.454 e. The van der Waals surface area contributed by atoms with Crippen LogP contribution < -0.4 is 9.47 Å². The van der Waals surface area contributed by atoms with Crippen molar-refractivity contribution < 1.29 is 19.1 Å². The van der Waals surface area contributed by atoms with Gasteiger partial charge in [-0.2, -0.15) is 0 Å². The zero-order valence-electron chi connectivity index (χ0n) is 14.4. The fraction of sp³-hybridized carbons (Fsp3) is 0.300. The summed E-state index contributed by atoms with van der Waals surface area (Å²) in [7, 11) is 0. The molecule has 1 saturated heterocycles. The Labute approximate surface area is 166 Å². The first-order valence-corrected chi connectivity index (χ1v) is 9.47. The molecule has 0 radical (unpaired) electrons. The van der Waals surface area contributed by atoms with Gasteiger partial charge in [-0.3, -0.25) is 9.59 Å². The Morgan fingerprint density at radius 3 is 2.52 bits per heavy atom. The van der Waals surface area contributed by atoms with E-state index in [0.29, 0.717) is 58.6 Å². The molecule has 0 N–H and O–H groups in total. The van der Waals surface area contributed by atoms with Crippen LogP contribution in [-0.4, -0.2) is 36.5 Å². The number of rotatable bonds is 3. The zero-order chi connectivity index (χ0) is 19.0. The molecule has 5 nitrogen and oxygen atoms in total. The highest BCUT2D eigenvalue weighted by Gasteiger charge is 2.31. The van der Waals surface area contributed by atoms with Gasteiger partial charge in [-0.25, -0.2) is 0 Å². The number of carbonyl (C=O) groups is 2. The number of halogens is 2. The van der Waals surface area contributed by atoms with E-state index in [4.69, 9.17) is 32.7 Å². The number of benzene rings is 2. The third kappa shape index (κ3) is 3.49. The molecule has 1 fully saturated rings. The minimum Gasteiger partial charge on any atom is -0.454 e. The number of likely N-dealkylation sites (tertiary alicyclic amines) is 1. The number of ketones is 1. The van der Waals surface area contributed by atoms with E-state index in [0.717, 1.165) is 0 Å². The van der Waals surface area contributed by atoms with Crippen LogP contribution in [-0.2, 0) is 0 Å². The second kappa shape index (κ2) is 7.41. The van der Waals surface area contributed by atoms with Gasteiger partial charge in [0.25, 0.3) is 5.91 Å². The summed E-state index contributed by atoms with van der Waals surface area (Å²) in [4.78, 5) is 27.3. The molecule has 0 spiro atoms. The normalized spacial score (nSPS) is 16.4. The fourth-order valence-electron chi connectivity index (χ4n) is 3.50. The Bertz CT molecular complexity index is 907. The Morgan fingerprint density at radius 1 is 1.00 bits per heavy atom. The lowest BCUT2D eigenvalue weighted by molar-refractivity contribution is 0.0646. The van der Waals surface area contributed by atoms with E-state index in [1.165, 1.54) is 0 Å². The van der Waals surface area contributed by atoms with Crippen molar-refractivity contribution in [2.75, 3.05) is 19.9 Å². The van der Waals surface area contributed by atoms with Gasteiger partial charge < -0.3 is 14.4 Å². The SMILES string of the molecule is O=C(c1ccc(Cl)c(Cl)c1)C1CCN(C(=O)c2cccc3c2OCO3)CC1. The molecule has 1 amide bonds. The molecule has 4 rings (SSSR count). The Hall–Kier alpha value is -2.24. The lowest BCUT2D eigenvalue weighted by atomic mass is 9.88. The average molecular weight is 406 g/mol. The summed E-state index contributed by atoms with van der Waals surface area (Å²) in [5.74, 6) is 0.894. The summed E-state index contributed by atoms with van der Waals surface area (Å²) < 4.78 is 10.8. The number of carbonyl (C=O) groups excluding carboxylic acids is 2. The standard InChI is InChI=1S/C20H17Cl2NO4/c21-15-5-4-13(10-16(15)22)18(24)12-6-8-23(9-7-12)20(25)14-2-1-3-17-19(14)27-11-26-17/h1-5,10,12H,6-9,11H2. The van der Waals surface area contributed by atoms with E-state index >= 15 is 0 Å². The molecule has 2 aliphatic heterocycles. The van der Waals surface area contributed by atoms with Gasteiger partial charge in [0.2, 0.25) is 6.79 Å². The topological polar surface area (TPSA) is 55.8 Å². The molecular weight excluding hydrogens is 389 g/mol. The van der Waals surface area contributed by atoms with Crippen LogP contribution >= 0.6 is 23.2 Å². The first kappa shape index (κ1) is 18.1. The van der Waals surface area contributed by atoms with Crippen molar-refractivity contribution in [3.63, 3.8) is 0 Å². The summed E-state index contributed by atoms with van der Waals surface area (Å²) in [5, 5.41) is 0.797. The number of piperidine rings is 1. The van der Waals surface area contributed by atoms with E-state index in [1.54, 1.807) is 41.3 Å². The minimum atomic E-state index is -0.132. The summed E-state index contributed by atoms with van der Waals surface area (Å²) in [6.45, 7) is 1.15. The zero-order valence-corrected chi connectivity index (χ0v) is 15.9. The van der Waals surface area contributed by atoms with Crippen molar-refractivity contribution in [2.45, 2.75) is 12.8 Å². The lowest BCUT2D eigenvalue weighted by Gasteiger charge is -2.31. The first-order chi connectivity index (χ1) is 13.0. The Morgan fingerprint density at radius 2 is 1.78 bits per heavy atom. The van der Waals surface area contributed by atoms with Gasteiger partial charge in [0.1, 0.15) is 0 Å². The molecule has 0 aromatic heterocycles. The van der Waals surface area contributed by atoms with E-state index in [2.05, 4.69) is 0 Å². The number of hydrogen-bond donors (Lipinski definition) is 0. The van der Waals surface area contributed by atoms with Crippen molar-refractivity contribution >= 4 is 34.9 Å². The molecule has 27 heavy (non-hydrogen) atoms. The number of fused-ring (bicyclic) bond motifs is 1. The number of para-hydroxylation sites is 1. The molecule has 0 unspecified atom stereocenters. The molecule has 2 heterocycles. The smallest absolute Gasteiger partial charge is 0.257 e. The van der Waals surface area contributed by atoms with Crippen LogP contribution in [0.25, 0.3) is 0 Å². The molecule has 0 aliphatic carbocycles. The third-order valence-corrected chi connectivity index (χ3v) is 5.72. The van der Waals surface area contributed by atoms with E-state index in [1.807, 2.05) is 0 Å². The van der Waals surface area contributed by atoms with Gasteiger partial charge in [0.15, 0.2) is 17.3 Å². The van der Waals surface area contributed by atoms with Gasteiger partial charge in [0.05, 0.1) is 15.6 Å². The summed E-state index contributed by atoms with van der Waals surface area (Å²) in [5.41, 5.74) is 1.06. The molecule has 2 aromatic carbocycles. The number of nitrogens with zero attached hydrogens (tertiary/aromatic N) is 1. The number of ether oxygens (including phenoxy) is 2. The predicted octanol–water partition coefficient (Wildman–Crippen LogP) is 4.46. The summed E-state index contributed by atoms with van der Waals surface area (Å²) >= 11 is 11.9. The fourth-order valence-corrected chi connectivity index (χ4v) is 3.80. The average Bonchev–Trinajstić information content (AvgIpc) is 3.18. The van der Waals surface area contributed by atoms with Gasteiger partial charge in [-0.1, -0.05) is 29.3 Å². The van der Waals surface area contributed by atoms with Crippen molar-refractivity contribution in [2.24, 2.45) is 5.92 Å². The lowest BCUT2D eigenvalue weighted by Crippen LogP contribution is -2.40. The quantitative estimate of drug-likeness (QED) is 0.707. The van der Waals surface area contributed by atoms with Crippen molar-refractivity contribution in [1.82, 2.24) is 4.90 Å². The molecule has 7 heteroatoms. The predicted molar refractivity (Wildman–Crippen MR) is 102 cm³/mol. The second-order valence-electron chi connectivity index (χ2n) is 6.60. The number of Topliss-reactive ketones (excluding diaryl/α,β-unsaturated/α-hetero) is 1. The van der Waals surface area contributed by atoms with Crippen molar-refractivity contribution in [3.8, 4) is 11.5 Å². The maximum Gasteiger partial charge on any atom is 0.257 e. The van der Waals surface area contributed by atoms with Crippen LogP contribution in [0.2, 0.25) is 10.0 Å². The summed E-state index contributed by atoms with van der Waals surface area (Å²) in [6.07, 6.45) is 1.22. The second-order valence-corrected chi connectivity index (χ2v) is 7.41. The molecule has 0 bridgehead atoms. The highest BCUT2D eigenvalue weighted by molar-refractivity contribution is 6.42. The maximum absolute atomic E-state index is 12.9. The van der Waals surface area contributed by atoms with E-state index in [-0.39, 0.29) is 24.4 Å². The van der Waals surface area contributed by atoms with Crippen LogP contribution in [0.15, 0.2) is 36.4 Å². The molecule has 140 valence electrons. The first-order valence-electron chi connectivity index (χ1n) is 8.72. The van der Waals surface area contributed by atoms with Crippen molar-refractivity contribution in [1.29, 1.82) is 0 Å². The highest BCUT2D eigenvalue weighted by Crippen LogP contribution is 2.36. The van der Waals surface area contributed by atoms with Crippen LogP contribution in [0.3, 0.4) is 0 Å². The minimum absolute atomic E-state index is 0.0398. The van der Waals surface area contributed by atoms with Crippen molar-refractivity contribution in [3.05, 3.63) is 57.6 Å². The summed E-state index contributed by atoms with van der Waals surface area (Å²) in [6, 6.07) is 10.2. The number of amides is 1. The molecule has 0 atom stereocenters. The van der Waals surface area contributed by atoms with Crippen LogP contribution in [0.1, 0.15) is 33.6 Å². The molecule has 0 saturated carbocycles. The third-order valence-electron chi connectivity index (χ3n) is 4.98. The highest BCUT2D eigenvalue weighted by atomic mass is 35.5. The van der Waals surface area contributed by atoms with Gasteiger partial charge in [-0.15, -0.1) is 0 Å². The number of hydrogen-bond acceptors (Lipinski definition) is 4. The monoisotopic (exact) mass is 405 g/mol. The van der Waals surface area contributed by atoms with Gasteiger partial charge >= 0.3 is 0 Å². The molecule has 2 aliphatic rings. The van der Waals surface area contributed by atoms with Crippen LogP contribution in [0, 0.1) is 5.92 Å². The van der Waals surface area contributed by atoms with Crippen LogP contribution in [0.5, 0.6) is 11.5 Å². The van der Waals surface area contributed by atoms with E-state index < -0.39 is 0 Å². The molecular formula is C20H17Cl2NO4. The van der Waals surface area contributed by atoms with Gasteiger partial charge in [0, 0.05) is 24.6 Å². The van der Waals surface area contributed by atoms with Gasteiger partial charge in [-0.05, 0) is 43.2 Å². The van der Waals surface area contributed by atoms with E-state index in [9.17, 15) is 9.59 Å². The Kier molecular flexibility index (Phi) is 4.98. The Balaban J connectivity index is 1.43. The maximum atomic E-state index is 12.9. The molecule has 2 aromatic rings. The van der Waals surface area contributed by atoms with Crippen LogP contribution in [0.4, 0.5) is 0 Å².